The average molecular weight is 402 g/mol. The van der Waals surface area contributed by atoms with E-state index < -0.39 is 18.0 Å². The number of amides is 1. The summed E-state index contributed by atoms with van der Waals surface area (Å²) in [5, 5.41) is 0.368. The Labute approximate surface area is 167 Å². The standard InChI is InChI=1S/C20H22N2O5S/c1-5-15-18(24)22-17(13-7-9-14(10-8-13)27-12(4)23)16(19(25)26-6-2)11(3)21-20(22)28-15/h7-10,15,17H,5-6H2,1-4H3/t15-,17+/m1/s1. The zero-order chi connectivity index (χ0) is 20.4. The van der Waals surface area contributed by atoms with Crippen molar-refractivity contribution in [3.8, 4) is 5.75 Å². The van der Waals surface area contributed by atoms with Gasteiger partial charge in [-0.05, 0) is 38.0 Å². The van der Waals surface area contributed by atoms with E-state index in [2.05, 4.69) is 4.99 Å². The first-order valence-corrected chi connectivity index (χ1v) is 10.00. The Kier molecular flexibility index (Phi) is 5.88. The molecule has 1 saturated heterocycles. The average Bonchev–Trinajstić information content (AvgIpc) is 2.96. The first kappa shape index (κ1) is 20.1. The van der Waals surface area contributed by atoms with Crippen LogP contribution in [-0.4, -0.2) is 39.8 Å². The van der Waals surface area contributed by atoms with Crippen molar-refractivity contribution in [2.24, 2.45) is 4.99 Å². The Hall–Kier alpha value is -2.61. The molecule has 7 nitrogen and oxygen atoms in total. The molecule has 0 aromatic heterocycles. The molecule has 0 bridgehead atoms. The lowest BCUT2D eigenvalue weighted by Gasteiger charge is -2.33. The van der Waals surface area contributed by atoms with E-state index in [-0.39, 0.29) is 17.8 Å². The Morgan fingerprint density at radius 1 is 1.21 bits per heavy atom. The summed E-state index contributed by atoms with van der Waals surface area (Å²) < 4.78 is 10.3. The van der Waals surface area contributed by atoms with Crippen molar-refractivity contribution < 1.29 is 23.9 Å². The van der Waals surface area contributed by atoms with Crippen molar-refractivity contribution in [1.82, 2.24) is 4.90 Å². The summed E-state index contributed by atoms with van der Waals surface area (Å²) in [7, 11) is 0. The molecule has 28 heavy (non-hydrogen) atoms. The van der Waals surface area contributed by atoms with E-state index in [4.69, 9.17) is 9.47 Å². The predicted octanol–water partition coefficient (Wildman–Crippen LogP) is 3.21. The summed E-state index contributed by atoms with van der Waals surface area (Å²) in [5.41, 5.74) is 1.60. The number of hydrogen-bond acceptors (Lipinski definition) is 7. The zero-order valence-electron chi connectivity index (χ0n) is 16.2. The van der Waals surface area contributed by atoms with Crippen molar-refractivity contribution in [2.75, 3.05) is 6.61 Å². The summed E-state index contributed by atoms with van der Waals surface area (Å²) in [6.45, 7) is 6.99. The maximum absolute atomic E-state index is 13.0. The van der Waals surface area contributed by atoms with E-state index in [1.165, 1.54) is 18.7 Å². The minimum absolute atomic E-state index is 0.0744. The van der Waals surface area contributed by atoms with E-state index in [9.17, 15) is 14.4 Å². The number of fused-ring (bicyclic) bond motifs is 1. The number of rotatable bonds is 5. The number of esters is 2. The third kappa shape index (κ3) is 3.69. The molecular formula is C20H22N2O5S. The number of thioether (sulfide) groups is 1. The molecule has 8 heteroatoms. The molecular weight excluding hydrogens is 380 g/mol. The number of allylic oxidation sites excluding steroid dienone is 1. The van der Waals surface area contributed by atoms with Crippen molar-refractivity contribution in [3.05, 3.63) is 41.1 Å². The normalized spacial score (nSPS) is 21.4. The first-order valence-electron chi connectivity index (χ1n) is 9.12. The van der Waals surface area contributed by atoms with Crippen LogP contribution in [-0.2, 0) is 19.1 Å². The van der Waals surface area contributed by atoms with Gasteiger partial charge in [-0.15, -0.1) is 0 Å². The smallest absolute Gasteiger partial charge is 0.338 e. The van der Waals surface area contributed by atoms with Gasteiger partial charge in [-0.2, -0.15) is 0 Å². The monoisotopic (exact) mass is 402 g/mol. The number of benzene rings is 1. The molecule has 3 rings (SSSR count). The molecule has 1 aromatic rings. The van der Waals surface area contributed by atoms with Gasteiger partial charge in [0, 0.05) is 6.92 Å². The molecule has 2 aliphatic heterocycles. The number of aliphatic imine (C=N–C) groups is 1. The number of amidine groups is 1. The third-order valence-electron chi connectivity index (χ3n) is 4.47. The molecule has 0 aliphatic carbocycles. The van der Waals surface area contributed by atoms with E-state index in [1.807, 2.05) is 6.92 Å². The largest absolute Gasteiger partial charge is 0.463 e. The fourth-order valence-electron chi connectivity index (χ4n) is 3.26. The zero-order valence-corrected chi connectivity index (χ0v) is 17.0. The van der Waals surface area contributed by atoms with Gasteiger partial charge in [-0.25, -0.2) is 9.79 Å². The highest BCUT2D eigenvalue weighted by Crippen LogP contribution is 2.44. The number of nitrogens with zero attached hydrogens (tertiary/aromatic N) is 2. The fraction of sp³-hybridized carbons (Fsp3) is 0.400. The Morgan fingerprint density at radius 3 is 2.46 bits per heavy atom. The summed E-state index contributed by atoms with van der Waals surface area (Å²) >= 11 is 1.41. The predicted molar refractivity (Wildman–Crippen MR) is 106 cm³/mol. The van der Waals surface area contributed by atoms with Crippen molar-refractivity contribution in [3.63, 3.8) is 0 Å². The van der Waals surface area contributed by atoms with Crippen LogP contribution in [0.25, 0.3) is 0 Å². The number of ether oxygens (including phenoxy) is 2. The number of carbonyl (C=O) groups is 3. The van der Waals surface area contributed by atoms with Gasteiger partial charge in [0.2, 0.25) is 5.91 Å². The first-order chi connectivity index (χ1) is 13.4. The highest BCUT2D eigenvalue weighted by Gasteiger charge is 2.47. The SMILES string of the molecule is CCOC(=O)C1=C(C)N=C2S[C@H](CC)C(=O)N2[C@H]1c1ccc(OC(C)=O)cc1. The van der Waals surface area contributed by atoms with Gasteiger partial charge in [0.1, 0.15) is 5.75 Å². The minimum Gasteiger partial charge on any atom is -0.463 e. The van der Waals surface area contributed by atoms with Gasteiger partial charge >= 0.3 is 11.9 Å². The highest BCUT2D eigenvalue weighted by molar-refractivity contribution is 8.15. The second-order valence-electron chi connectivity index (χ2n) is 6.40. The van der Waals surface area contributed by atoms with E-state index in [0.717, 1.165) is 5.56 Å². The van der Waals surface area contributed by atoms with Crippen LogP contribution < -0.4 is 4.74 Å². The maximum Gasteiger partial charge on any atom is 0.338 e. The Balaban J connectivity index is 2.06. The summed E-state index contributed by atoms with van der Waals surface area (Å²) in [4.78, 5) is 42.9. The summed E-state index contributed by atoms with van der Waals surface area (Å²) in [6, 6.07) is 6.15. The van der Waals surface area contributed by atoms with Crippen LogP contribution in [0, 0.1) is 0 Å². The number of hydrogen-bond donors (Lipinski definition) is 0. The van der Waals surface area contributed by atoms with Crippen LogP contribution >= 0.6 is 11.8 Å². The molecule has 1 aromatic carbocycles. The van der Waals surface area contributed by atoms with Gasteiger partial charge in [0.15, 0.2) is 5.17 Å². The van der Waals surface area contributed by atoms with Crippen molar-refractivity contribution in [1.29, 1.82) is 0 Å². The van der Waals surface area contributed by atoms with E-state index in [1.54, 1.807) is 43.0 Å². The second-order valence-corrected chi connectivity index (χ2v) is 7.57. The third-order valence-corrected chi connectivity index (χ3v) is 5.79. The van der Waals surface area contributed by atoms with E-state index >= 15 is 0 Å². The topological polar surface area (TPSA) is 85.3 Å². The summed E-state index contributed by atoms with van der Waals surface area (Å²) in [5.74, 6) is -0.586. The summed E-state index contributed by atoms with van der Waals surface area (Å²) in [6.07, 6.45) is 0.672. The van der Waals surface area contributed by atoms with Gasteiger partial charge < -0.3 is 9.47 Å². The molecule has 0 N–H and O–H groups in total. The lowest BCUT2D eigenvalue weighted by atomic mass is 9.94. The second kappa shape index (κ2) is 8.18. The van der Waals surface area contributed by atoms with Crippen LogP contribution in [0.3, 0.4) is 0 Å². The van der Waals surface area contributed by atoms with Crippen LogP contribution in [0.2, 0.25) is 0 Å². The fourth-order valence-corrected chi connectivity index (χ4v) is 4.39. The maximum atomic E-state index is 13.0. The number of carbonyl (C=O) groups excluding carboxylic acids is 3. The van der Waals surface area contributed by atoms with Crippen LogP contribution in [0.15, 0.2) is 40.5 Å². The molecule has 148 valence electrons. The lowest BCUT2D eigenvalue weighted by Crippen LogP contribution is -2.40. The molecule has 2 atom stereocenters. The Morgan fingerprint density at radius 2 is 1.89 bits per heavy atom. The van der Waals surface area contributed by atoms with Gasteiger partial charge in [-0.1, -0.05) is 30.8 Å². The van der Waals surface area contributed by atoms with Gasteiger partial charge in [0.25, 0.3) is 0 Å². The lowest BCUT2D eigenvalue weighted by molar-refractivity contribution is -0.139. The van der Waals surface area contributed by atoms with Crippen molar-refractivity contribution >= 4 is 34.8 Å². The van der Waals surface area contributed by atoms with Crippen LogP contribution in [0.1, 0.15) is 45.7 Å². The van der Waals surface area contributed by atoms with Crippen LogP contribution in [0.4, 0.5) is 0 Å². The van der Waals surface area contributed by atoms with Crippen LogP contribution in [0.5, 0.6) is 5.75 Å². The highest BCUT2D eigenvalue weighted by atomic mass is 32.2. The molecule has 1 fully saturated rings. The van der Waals surface area contributed by atoms with Gasteiger partial charge in [-0.3, -0.25) is 14.5 Å². The van der Waals surface area contributed by atoms with Crippen molar-refractivity contribution in [2.45, 2.75) is 45.4 Å². The van der Waals surface area contributed by atoms with Gasteiger partial charge in [0.05, 0.1) is 29.2 Å². The molecule has 0 radical (unpaired) electrons. The molecule has 0 unspecified atom stereocenters. The molecule has 2 aliphatic rings. The molecule has 2 heterocycles. The molecule has 0 saturated carbocycles. The molecule has 1 amide bonds. The Bertz CT molecular complexity index is 875. The van der Waals surface area contributed by atoms with E-state index in [0.29, 0.717) is 28.6 Å². The molecule has 0 spiro atoms. The quantitative estimate of drug-likeness (QED) is 0.555. The minimum atomic E-state index is -0.630.